The highest BCUT2D eigenvalue weighted by molar-refractivity contribution is 5.80. The molecule has 1 aromatic carbocycles. The highest BCUT2D eigenvalue weighted by Crippen LogP contribution is 2.16. The molecule has 0 fully saturated rings. The van der Waals surface area contributed by atoms with Gasteiger partial charge in [0.2, 0.25) is 0 Å². The maximum atomic E-state index is 13.0. The molecule has 0 amide bonds. The predicted octanol–water partition coefficient (Wildman–Crippen LogP) is 1.54. The molecule has 0 unspecified atom stereocenters. The molecule has 14 heavy (non-hydrogen) atoms. The van der Waals surface area contributed by atoms with Crippen molar-refractivity contribution >= 4 is 10.9 Å². The molecule has 1 aromatic heterocycles. The van der Waals surface area contributed by atoms with Gasteiger partial charge in [-0.05, 0) is 25.1 Å². The first-order chi connectivity index (χ1) is 6.70. The molecule has 2 N–H and O–H groups in total. The number of nitrogens with two attached hydrogens (primary N) is 1. The average Bonchev–Trinajstić information content (AvgIpc) is 2.17. The molecule has 4 heteroatoms. The average molecular weight is 191 g/mol. The minimum Gasteiger partial charge on any atom is -0.325 e. The molecule has 0 saturated carbocycles. The summed E-state index contributed by atoms with van der Waals surface area (Å²) < 4.78 is 13.0. The molecule has 0 atom stereocenters. The van der Waals surface area contributed by atoms with E-state index in [1.165, 1.54) is 12.1 Å². The zero-order valence-electron chi connectivity index (χ0n) is 7.79. The number of hydrogen-bond donors (Lipinski definition) is 1. The second kappa shape index (κ2) is 3.31. The molecule has 3 nitrogen and oxygen atoms in total. The van der Waals surface area contributed by atoms with Gasteiger partial charge < -0.3 is 5.73 Å². The molecule has 72 valence electrons. The van der Waals surface area contributed by atoms with Gasteiger partial charge in [-0.3, -0.25) is 0 Å². The Balaban J connectivity index is 2.81. The highest BCUT2D eigenvalue weighted by Gasteiger charge is 2.04. The van der Waals surface area contributed by atoms with Crippen LogP contribution < -0.4 is 5.73 Å². The Bertz CT molecular complexity index is 482. The zero-order valence-corrected chi connectivity index (χ0v) is 7.79. The Morgan fingerprint density at radius 3 is 2.86 bits per heavy atom. The number of halogens is 1. The van der Waals surface area contributed by atoms with E-state index in [4.69, 9.17) is 5.73 Å². The number of rotatable bonds is 1. The third kappa shape index (κ3) is 1.44. The number of fused-ring (bicyclic) bond motifs is 1. The zero-order chi connectivity index (χ0) is 10.1. The summed E-state index contributed by atoms with van der Waals surface area (Å²) in [5, 5.41) is 0.693. The molecule has 0 aliphatic rings. The fourth-order valence-electron chi connectivity index (χ4n) is 1.45. The van der Waals surface area contributed by atoms with Crippen molar-refractivity contribution in [1.82, 2.24) is 9.97 Å². The van der Waals surface area contributed by atoms with E-state index in [1.807, 2.05) is 0 Å². The third-order valence-corrected chi connectivity index (χ3v) is 2.04. The maximum Gasteiger partial charge on any atom is 0.126 e. The fraction of sp³-hybridized carbons (Fsp3) is 0.200. The first-order valence-electron chi connectivity index (χ1n) is 4.33. The van der Waals surface area contributed by atoms with Gasteiger partial charge in [0.25, 0.3) is 0 Å². The lowest BCUT2D eigenvalue weighted by molar-refractivity contribution is 0.629. The molecule has 0 saturated heterocycles. The summed E-state index contributed by atoms with van der Waals surface area (Å²) in [5.41, 5.74) is 6.94. The predicted molar refractivity (Wildman–Crippen MR) is 52.1 cm³/mol. The van der Waals surface area contributed by atoms with Crippen molar-refractivity contribution < 1.29 is 4.39 Å². The van der Waals surface area contributed by atoms with E-state index in [0.29, 0.717) is 23.4 Å². The van der Waals surface area contributed by atoms with Crippen LogP contribution in [0.25, 0.3) is 10.9 Å². The molecule has 0 spiro atoms. The first-order valence-corrected chi connectivity index (χ1v) is 4.33. The second-order valence-corrected chi connectivity index (χ2v) is 3.08. The molecule has 0 radical (unpaired) electrons. The van der Waals surface area contributed by atoms with Crippen molar-refractivity contribution in [2.45, 2.75) is 13.5 Å². The van der Waals surface area contributed by atoms with Gasteiger partial charge in [-0.1, -0.05) is 0 Å². The SMILES string of the molecule is Cc1nc(CN)c2cc(F)ccc2n1. The number of aromatic nitrogens is 2. The highest BCUT2D eigenvalue weighted by atomic mass is 19.1. The molecule has 0 bridgehead atoms. The van der Waals surface area contributed by atoms with E-state index in [1.54, 1.807) is 13.0 Å². The second-order valence-electron chi connectivity index (χ2n) is 3.08. The van der Waals surface area contributed by atoms with E-state index < -0.39 is 0 Å². The molecular formula is C10H10FN3. The first kappa shape index (κ1) is 9.02. The van der Waals surface area contributed by atoms with Crippen LogP contribution in [0, 0.1) is 12.7 Å². The van der Waals surface area contributed by atoms with Gasteiger partial charge in [-0.2, -0.15) is 0 Å². The fourth-order valence-corrected chi connectivity index (χ4v) is 1.45. The molecule has 0 aliphatic carbocycles. The van der Waals surface area contributed by atoms with E-state index in [2.05, 4.69) is 9.97 Å². The van der Waals surface area contributed by atoms with Crippen LogP contribution in [0.2, 0.25) is 0 Å². The van der Waals surface area contributed by atoms with Crippen molar-refractivity contribution in [2.75, 3.05) is 0 Å². The third-order valence-electron chi connectivity index (χ3n) is 2.04. The van der Waals surface area contributed by atoms with Gasteiger partial charge in [0.15, 0.2) is 0 Å². The lowest BCUT2D eigenvalue weighted by atomic mass is 10.2. The Kier molecular flexibility index (Phi) is 2.13. The summed E-state index contributed by atoms with van der Waals surface area (Å²) in [7, 11) is 0. The lowest BCUT2D eigenvalue weighted by Gasteiger charge is -2.04. The summed E-state index contributed by atoms with van der Waals surface area (Å²) in [5.74, 6) is 0.365. The van der Waals surface area contributed by atoms with E-state index in [-0.39, 0.29) is 5.82 Å². The summed E-state index contributed by atoms with van der Waals surface area (Å²) in [6.45, 7) is 2.09. The largest absolute Gasteiger partial charge is 0.325 e. The van der Waals surface area contributed by atoms with Crippen LogP contribution >= 0.6 is 0 Å². The normalized spacial score (nSPS) is 10.8. The Morgan fingerprint density at radius 2 is 2.14 bits per heavy atom. The molecule has 2 aromatic rings. The van der Waals surface area contributed by atoms with Crippen LogP contribution in [-0.4, -0.2) is 9.97 Å². The molecule has 0 aliphatic heterocycles. The van der Waals surface area contributed by atoms with Gasteiger partial charge >= 0.3 is 0 Å². The van der Waals surface area contributed by atoms with Crippen LogP contribution in [0.15, 0.2) is 18.2 Å². The summed E-state index contributed by atoms with van der Waals surface area (Å²) in [6.07, 6.45) is 0. The monoisotopic (exact) mass is 191 g/mol. The lowest BCUT2D eigenvalue weighted by Crippen LogP contribution is -2.03. The van der Waals surface area contributed by atoms with Crippen molar-refractivity contribution in [2.24, 2.45) is 5.73 Å². The Labute approximate surface area is 80.8 Å². The van der Waals surface area contributed by atoms with Crippen molar-refractivity contribution in [3.8, 4) is 0 Å². The van der Waals surface area contributed by atoms with Gasteiger partial charge in [0.1, 0.15) is 11.6 Å². The van der Waals surface area contributed by atoms with Crippen LogP contribution in [0.3, 0.4) is 0 Å². The Hall–Kier alpha value is -1.55. The van der Waals surface area contributed by atoms with E-state index >= 15 is 0 Å². The molecule has 1 heterocycles. The molecule has 2 rings (SSSR count). The van der Waals surface area contributed by atoms with Gasteiger partial charge in [0, 0.05) is 11.9 Å². The van der Waals surface area contributed by atoms with Gasteiger partial charge in [-0.15, -0.1) is 0 Å². The van der Waals surface area contributed by atoms with Crippen LogP contribution in [0.4, 0.5) is 4.39 Å². The summed E-state index contributed by atoms with van der Waals surface area (Å²) >= 11 is 0. The topological polar surface area (TPSA) is 51.8 Å². The van der Waals surface area contributed by atoms with Crippen molar-refractivity contribution in [3.63, 3.8) is 0 Å². The molecular weight excluding hydrogens is 181 g/mol. The summed E-state index contributed by atoms with van der Waals surface area (Å²) in [4.78, 5) is 8.35. The summed E-state index contributed by atoms with van der Waals surface area (Å²) in [6, 6.07) is 4.44. The van der Waals surface area contributed by atoms with Crippen LogP contribution in [0.1, 0.15) is 11.5 Å². The van der Waals surface area contributed by atoms with Crippen LogP contribution in [0.5, 0.6) is 0 Å². The quantitative estimate of drug-likeness (QED) is 0.743. The van der Waals surface area contributed by atoms with Crippen molar-refractivity contribution in [1.29, 1.82) is 0 Å². The number of hydrogen-bond acceptors (Lipinski definition) is 3. The minimum absolute atomic E-state index is 0.292. The van der Waals surface area contributed by atoms with Gasteiger partial charge in [0.05, 0.1) is 11.2 Å². The smallest absolute Gasteiger partial charge is 0.126 e. The van der Waals surface area contributed by atoms with Crippen molar-refractivity contribution in [3.05, 3.63) is 35.5 Å². The maximum absolute atomic E-state index is 13.0. The minimum atomic E-state index is -0.292. The van der Waals surface area contributed by atoms with Gasteiger partial charge in [-0.25, -0.2) is 14.4 Å². The van der Waals surface area contributed by atoms with E-state index in [0.717, 1.165) is 5.52 Å². The number of benzene rings is 1. The number of nitrogens with zero attached hydrogens (tertiary/aromatic N) is 2. The standard InChI is InChI=1S/C10H10FN3/c1-6-13-9-3-2-7(11)4-8(9)10(5-12)14-6/h2-4H,5,12H2,1H3. The number of aryl methyl sites for hydroxylation is 1. The Morgan fingerprint density at radius 1 is 1.36 bits per heavy atom. The van der Waals surface area contributed by atoms with Crippen LogP contribution in [-0.2, 0) is 6.54 Å². The van der Waals surface area contributed by atoms with E-state index in [9.17, 15) is 4.39 Å².